The molecule has 1 rings (SSSR count). The molecule has 0 radical (unpaired) electrons. The van der Waals surface area contributed by atoms with Crippen molar-refractivity contribution in [3.8, 4) is 0 Å². The van der Waals surface area contributed by atoms with Crippen LogP contribution in [0.3, 0.4) is 0 Å². The predicted molar refractivity (Wildman–Crippen MR) is 61.7 cm³/mol. The Labute approximate surface area is 104 Å². The summed E-state index contributed by atoms with van der Waals surface area (Å²) >= 11 is 0. The van der Waals surface area contributed by atoms with Gasteiger partial charge in [-0.3, -0.25) is 0 Å². The maximum Gasteiger partial charge on any atom is 0.401 e. The summed E-state index contributed by atoms with van der Waals surface area (Å²) in [6.07, 6.45) is -4.17. The van der Waals surface area contributed by atoms with Gasteiger partial charge in [-0.1, -0.05) is 12.1 Å². The lowest BCUT2D eigenvalue weighted by atomic mass is 10.2. The molecule has 0 atom stereocenters. The average Bonchev–Trinajstić information content (AvgIpc) is 2.26. The van der Waals surface area contributed by atoms with Crippen molar-refractivity contribution in [1.82, 2.24) is 10.2 Å². The molecule has 0 aliphatic carbocycles. The molecule has 0 aliphatic rings. The van der Waals surface area contributed by atoms with Crippen LogP contribution in [-0.4, -0.2) is 37.8 Å². The van der Waals surface area contributed by atoms with Gasteiger partial charge in [0.15, 0.2) is 0 Å². The van der Waals surface area contributed by atoms with Gasteiger partial charge in [-0.05, 0) is 24.7 Å². The predicted octanol–water partition coefficient (Wildman–Crippen LogP) is 2.41. The van der Waals surface area contributed by atoms with E-state index in [1.807, 2.05) is 4.90 Å². The van der Waals surface area contributed by atoms with Crippen molar-refractivity contribution < 1.29 is 17.6 Å². The molecule has 1 N–H and O–H groups in total. The monoisotopic (exact) mass is 264 g/mol. The summed E-state index contributed by atoms with van der Waals surface area (Å²) in [5.41, 5.74) is 0.926. The van der Waals surface area contributed by atoms with Gasteiger partial charge in [-0.2, -0.15) is 13.2 Å². The number of nitrogens with zero attached hydrogens (tertiary/aromatic N) is 1. The van der Waals surface area contributed by atoms with Gasteiger partial charge in [0.25, 0.3) is 0 Å². The molecule has 0 amide bonds. The molecule has 0 saturated carbocycles. The Hall–Kier alpha value is -1.14. The Bertz CT molecular complexity index is 348. The van der Waals surface area contributed by atoms with Gasteiger partial charge >= 0.3 is 6.18 Å². The number of alkyl halides is 3. The first-order valence-electron chi connectivity index (χ1n) is 5.57. The van der Waals surface area contributed by atoms with E-state index < -0.39 is 12.7 Å². The number of hydrogen-bond donors (Lipinski definition) is 1. The number of benzene rings is 1. The fraction of sp³-hybridized carbons (Fsp3) is 0.500. The fourth-order valence-corrected chi connectivity index (χ4v) is 1.48. The van der Waals surface area contributed by atoms with Crippen LogP contribution in [0.2, 0.25) is 0 Å². The maximum atomic E-state index is 12.7. The van der Waals surface area contributed by atoms with Gasteiger partial charge < -0.3 is 10.2 Å². The van der Waals surface area contributed by atoms with Gasteiger partial charge in [0.2, 0.25) is 0 Å². The normalized spacial score (nSPS) is 12.1. The largest absolute Gasteiger partial charge is 0.401 e. The third-order valence-electron chi connectivity index (χ3n) is 2.36. The Kier molecular flexibility index (Phi) is 5.55. The van der Waals surface area contributed by atoms with Crippen molar-refractivity contribution in [3.63, 3.8) is 0 Å². The number of halogens is 4. The maximum absolute atomic E-state index is 12.7. The minimum absolute atomic E-state index is 0.261. The van der Waals surface area contributed by atoms with E-state index in [4.69, 9.17) is 0 Å². The first kappa shape index (κ1) is 14.9. The number of nitrogens with one attached hydrogen (secondary N) is 1. The van der Waals surface area contributed by atoms with E-state index in [1.54, 1.807) is 19.2 Å². The quantitative estimate of drug-likeness (QED) is 0.627. The molecule has 0 aliphatic heterocycles. The highest BCUT2D eigenvalue weighted by atomic mass is 19.4. The van der Waals surface area contributed by atoms with E-state index >= 15 is 0 Å². The zero-order chi connectivity index (χ0) is 13.6. The van der Waals surface area contributed by atoms with Crippen LogP contribution in [0.15, 0.2) is 24.3 Å². The van der Waals surface area contributed by atoms with Crippen LogP contribution in [0.1, 0.15) is 5.56 Å². The smallest absolute Gasteiger partial charge is 0.307 e. The molecule has 18 heavy (non-hydrogen) atoms. The number of hydrogen-bond acceptors (Lipinski definition) is 2. The minimum Gasteiger partial charge on any atom is -0.307 e. The molecule has 6 heteroatoms. The highest BCUT2D eigenvalue weighted by molar-refractivity contribution is 5.15. The van der Waals surface area contributed by atoms with E-state index in [9.17, 15) is 17.6 Å². The summed E-state index contributed by atoms with van der Waals surface area (Å²) in [5, 5.41) is 2.32. The van der Waals surface area contributed by atoms with E-state index in [0.717, 1.165) is 5.56 Å². The zero-order valence-corrected chi connectivity index (χ0v) is 10.1. The third kappa shape index (κ3) is 6.56. The van der Waals surface area contributed by atoms with Crippen LogP contribution in [-0.2, 0) is 6.54 Å². The molecule has 0 unspecified atom stereocenters. The van der Waals surface area contributed by atoms with E-state index in [2.05, 4.69) is 5.32 Å². The van der Waals surface area contributed by atoms with Crippen LogP contribution in [0.4, 0.5) is 17.6 Å². The Morgan fingerprint density at radius 1 is 1.17 bits per heavy atom. The van der Waals surface area contributed by atoms with Crippen molar-refractivity contribution in [2.75, 3.05) is 26.7 Å². The summed E-state index contributed by atoms with van der Waals surface area (Å²) < 4.78 is 48.2. The van der Waals surface area contributed by atoms with Crippen molar-refractivity contribution >= 4 is 0 Å². The Morgan fingerprint density at radius 2 is 1.78 bits per heavy atom. The second-order valence-electron chi connectivity index (χ2n) is 4.16. The van der Waals surface area contributed by atoms with Gasteiger partial charge in [-0.25, -0.2) is 4.39 Å². The minimum atomic E-state index is -4.17. The lowest BCUT2D eigenvalue weighted by molar-refractivity contribution is -0.124. The van der Waals surface area contributed by atoms with Crippen molar-refractivity contribution in [2.24, 2.45) is 0 Å². The van der Waals surface area contributed by atoms with E-state index in [0.29, 0.717) is 13.1 Å². The first-order valence-corrected chi connectivity index (χ1v) is 5.57. The molecule has 0 fully saturated rings. The summed E-state index contributed by atoms with van der Waals surface area (Å²) in [5.74, 6) is -0.298. The van der Waals surface area contributed by atoms with Crippen molar-refractivity contribution in [2.45, 2.75) is 12.7 Å². The Balaban J connectivity index is 2.21. The van der Waals surface area contributed by atoms with Crippen LogP contribution in [0, 0.1) is 5.82 Å². The second-order valence-corrected chi connectivity index (χ2v) is 4.16. The SMILES string of the molecule is CN(CCNCC(F)(F)F)Cc1ccc(F)cc1. The van der Waals surface area contributed by atoms with Gasteiger partial charge in [0.05, 0.1) is 6.54 Å². The molecule has 0 bridgehead atoms. The Morgan fingerprint density at radius 3 is 2.33 bits per heavy atom. The molecule has 1 aromatic rings. The van der Waals surface area contributed by atoms with Crippen molar-refractivity contribution in [1.29, 1.82) is 0 Å². The fourth-order valence-electron chi connectivity index (χ4n) is 1.48. The summed E-state index contributed by atoms with van der Waals surface area (Å²) in [7, 11) is 1.80. The van der Waals surface area contributed by atoms with Crippen LogP contribution in [0.5, 0.6) is 0 Å². The number of likely N-dealkylation sites (N-methyl/N-ethyl adjacent to an activating group) is 1. The molecule has 102 valence electrons. The van der Waals surface area contributed by atoms with Crippen LogP contribution >= 0.6 is 0 Å². The van der Waals surface area contributed by atoms with Gasteiger partial charge in [0, 0.05) is 19.6 Å². The standard InChI is InChI=1S/C12H16F4N2/c1-18(7-6-17-9-12(14,15)16)8-10-2-4-11(13)5-3-10/h2-5,17H,6-9H2,1H3. The summed E-state index contributed by atoms with van der Waals surface area (Å²) in [4.78, 5) is 1.87. The number of rotatable bonds is 6. The van der Waals surface area contributed by atoms with Crippen LogP contribution < -0.4 is 5.32 Å². The highest BCUT2D eigenvalue weighted by Gasteiger charge is 2.25. The second kappa shape index (κ2) is 6.70. The first-order chi connectivity index (χ1) is 8.37. The van der Waals surface area contributed by atoms with Crippen LogP contribution in [0.25, 0.3) is 0 Å². The molecule has 1 aromatic carbocycles. The molecular formula is C12H16F4N2. The zero-order valence-electron chi connectivity index (χ0n) is 10.1. The summed E-state index contributed by atoms with van der Waals surface area (Å²) in [6, 6.07) is 6.06. The molecule has 0 spiro atoms. The topological polar surface area (TPSA) is 15.3 Å². The molecule has 2 nitrogen and oxygen atoms in total. The molecule has 0 heterocycles. The highest BCUT2D eigenvalue weighted by Crippen LogP contribution is 2.11. The van der Waals surface area contributed by atoms with Gasteiger partial charge in [0.1, 0.15) is 5.82 Å². The molecule has 0 aromatic heterocycles. The lowest BCUT2D eigenvalue weighted by Gasteiger charge is -2.17. The molecule has 0 saturated heterocycles. The summed E-state index contributed by atoms with van der Waals surface area (Å²) in [6.45, 7) is 0.357. The van der Waals surface area contributed by atoms with Crippen molar-refractivity contribution in [3.05, 3.63) is 35.6 Å². The third-order valence-corrected chi connectivity index (χ3v) is 2.36. The van der Waals surface area contributed by atoms with Gasteiger partial charge in [-0.15, -0.1) is 0 Å². The lowest BCUT2D eigenvalue weighted by Crippen LogP contribution is -2.34. The average molecular weight is 264 g/mol. The molecular weight excluding hydrogens is 248 g/mol. The van der Waals surface area contributed by atoms with E-state index in [1.165, 1.54) is 12.1 Å². The van der Waals surface area contributed by atoms with E-state index in [-0.39, 0.29) is 12.4 Å².